The molecule has 3 aliphatic rings. The summed E-state index contributed by atoms with van der Waals surface area (Å²) in [5, 5.41) is 13.7. The van der Waals surface area contributed by atoms with Crippen LogP contribution in [0, 0.1) is 10.1 Å². The molecule has 0 unspecified atom stereocenters. The Balaban J connectivity index is 1.41. The minimum Gasteiger partial charge on any atom is -0.372 e. The molecule has 3 amide bonds. The van der Waals surface area contributed by atoms with Crippen molar-refractivity contribution in [2.24, 2.45) is 0 Å². The van der Waals surface area contributed by atoms with Gasteiger partial charge >= 0.3 is 6.03 Å². The quantitative estimate of drug-likeness (QED) is 0.557. The second kappa shape index (κ2) is 7.36. The number of methoxy groups -OCH3 is 1. The molecule has 10 heteroatoms. The maximum absolute atomic E-state index is 13.0. The monoisotopic (exact) mass is 390 g/mol. The predicted molar refractivity (Wildman–Crippen MR) is 95.8 cm³/mol. The Morgan fingerprint density at radius 2 is 2.00 bits per heavy atom. The zero-order chi connectivity index (χ0) is 19.8. The highest BCUT2D eigenvalue weighted by atomic mass is 16.6. The first kappa shape index (κ1) is 18.6. The van der Waals surface area contributed by atoms with Crippen LogP contribution in [0.15, 0.2) is 24.3 Å². The molecular weight excluding hydrogens is 368 g/mol. The lowest BCUT2D eigenvalue weighted by Gasteiger charge is -2.49. The molecule has 3 saturated heterocycles. The van der Waals surface area contributed by atoms with Crippen LogP contribution in [0.4, 0.5) is 10.5 Å². The van der Waals surface area contributed by atoms with Gasteiger partial charge in [0.05, 0.1) is 17.6 Å². The summed E-state index contributed by atoms with van der Waals surface area (Å²) in [6, 6.07) is 5.42. The summed E-state index contributed by atoms with van der Waals surface area (Å²) in [6.07, 6.45) is 1.24. The van der Waals surface area contributed by atoms with Crippen molar-refractivity contribution in [1.29, 1.82) is 0 Å². The molecule has 3 heterocycles. The van der Waals surface area contributed by atoms with Gasteiger partial charge in [0, 0.05) is 38.8 Å². The Kier molecular flexibility index (Phi) is 4.90. The van der Waals surface area contributed by atoms with Crippen molar-refractivity contribution in [1.82, 2.24) is 14.9 Å². The van der Waals surface area contributed by atoms with Gasteiger partial charge in [0.2, 0.25) is 0 Å². The van der Waals surface area contributed by atoms with Gasteiger partial charge in [0.25, 0.3) is 11.6 Å². The fraction of sp³-hybridized carbons (Fsp3) is 0.556. The minimum absolute atomic E-state index is 0.0244. The zero-order valence-electron chi connectivity index (χ0n) is 15.5. The summed E-state index contributed by atoms with van der Waals surface area (Å²) in [5.74, 6) is -0.132. The summed E-state index contributed by atoms with van der Waals surface area (Å²) in [6.45, 7) is 1.12. The summed E-state index contributed by atoms with van der Waals surface area (Å²) in [5.41, 5.74) is 0.824. The number of hydrazine groups is 1. The Bertz CT molecular complexity index is 785. The van der Waals surface area contributed by atoms with E-state index in [2.05, 4.69) is 0 Å². The van der Waals surface area contributed by atoms with Gasteiger partial charge in [-0.1, -0.05) is 0 Å². The molecule has 3 fully saturated rings. The van der Waals surface area contributed by atoms with Crippen molar-refractivity contribution in [3.8, 4) is 0 Å². The van der Waals surface area contributed by atoms with Crippen molar-refractivity contribution >= 4 is 17.6 Å². The Hall–Kier alpha value is -2.72. The van der Waals surface area contributed by atoms with E-state index in [1.807, 2.05) is 0 Å². The summed E-state index contributed by atoms with van der Waals surface area (Å²) < 4.78 is 11.3. The van der Waals surface area contributed by atoms with Crippen molar-refractivity contribution in [2.75, 3.05) is 20.2 Å². The third-order valence-electron chi connectivity index (χ3n) is 5.50. The van der Waals surface area contributed by atoms with Gasteiger partial charge in [-0.05, 0) is 30.5 Å². The standard InChI is InChI=1S/C18H22N4O6/c1-27-16-3-2-8-20-18(24)19-10-14(9-15(19)17(23)21(16)20)28-11-12-4-6-13(7-5-12)22(25)26/h4-7,14-16H,2-3,8-11H2,1H3/t14-,15+,16+/m1/s1. The zero-order valence-corrected chi connectivity index (χ0v) is 15.5. The second-order valence-corrected chi connectivity index (χ2v) is 7.18. The van der Waals surface area contributed by atoms with Gasteiger partial charge in [-0.15, -0.1) is 0 Å². The second-order valence-electron chi connectivity index (χ2n) is 7.18. The first-order chi connectivity index (χ1) is 13.5. The van der Waals surface area contributed by atoms with Crippen LogP contribution in [-0.4, -0.2) is 70.4 Å². The first-order valence-corrected chi connectivity index (χ1v) is 9.28. The number of hydrogen-bond acceptors (Lipinski definition) is 6. The molecule has 0 aromatic heterocycles. The van der Waals surface area contributed by atoms with Gasteiger partial charge in [-0.3, -0.25) is 14.9 Å². The molecule has 3 atom stereocenters. The molecule has 1 aromatic carbocycles. The number of carbonyl (C=O) groups excluding carboxylic acids is 2. The van der Waals surface area contributed by atoms with Crippen LogP contribution < -0.4 is 0 Å². The van der Waals surface area contributed by atoms with E-state index in [0.717, 1.165) is 12.0 Å². The molecule has 0 aliphatic carbocycles. The van der Waals surface area contributed by atoms with Crippen LogP contribution in [0.2, 0.25) is 0 Å². The maximum atomic E-state index is 13.0. The van der Waals surface area contributed by atoms with Gasteiger partial charge < -0.3 is 14.4 Å². The molecule has 0 bridgehead atoms. The van der Waals surface area contributed by atoms with E-state index in [0.29, 0.717) is 25.9 Å². The van der Waals surface area contributed by atoms with E-state index in [-0.39, 0.29) is 30.3 Å². The number of ether oxygens (including phenoxy) is 2. The van der Waals surface area contributed by atoms with E-state index in [9.17, 15) is 19.7 Å². The van der Waals surface area contributed by atoms with Crippen LogP contribution in [0.5, 0.6) is 0 Å². The topological polar surface area (TPSA) is 105 Å². The van der Waals surface area contributed by atoms with Gasteiger partial charge in [-0.25, -0.2) is 14.8 Å². The molecular formula is C18H22N4O6. The average Bonchev–Trinajstić information content (AvgIpc) is 3.15. The number of carbonyl (C=O) groups is 2. The number of nitrogens with zero attached hydrogens (tertiary/aromatic N) is 4. The Morgan fingerprint density at radius 3 is 2.68 bits per heavy atom. The largest absolute Gasteiger partial charge is 0.372 e. The highest BCUT2D eigenvalue weighted by Crippen LogP contribution is 2.33. The summed E-state index contributed by atoms with van der Waals surface area (Å²) in [4.78, 5) is 37.7. The van der Waals surface area contributed by atoms with Gasteiger partial charge in [-0.2, -0.15) is 0 Å². The molecule has 0 radical (unpaired) electrons. The molecule has 0 N–H and O–H groups in total. The fourth-order valence-electron chi connectivity index (χ4n) is 4.06. The first-order valence-electron chi connectivity index (χ1n) is 9.28. The molecule has 4 rings (SSSR count). The maximum Gasteiger partial charge on any atom is 0.339 e. The molecule has 28 heavy (non-hydrogen) atoms. The van der Waals surface area contributed by atoms with Gasteiger partial charge in [0.15, 0.2) is 6.23 Å². The number of nitro groups is 1. The van der Waals surface area contributed by atoms with Crippen molar-refractivity contribution in [3.63, 3.8) is 0 Å². The van der Waals surface area contributed by atoms with Crippen LogP contribution in [0.1, 0.15) is 24.8 Å². The summed E-state index contributed by atoms with van der Waals surface area (Å²) in [7, 11) is 1.54. The number of amides is 3. The SMILES string of the molecule is CO[C@H]1CCCN2C(=O)N3C[C@H](OCc4ccc([N+](=O)[O-])cc4)C[C@H]3C(=O)N12. The van der Waals surface area contributed by atoms with E-state index < -0.39 is 17.2 Å². The number of hydrogen-bond donors (Lipinski definition) is 0. The van der Waals surface area contributed by atoms with Crippen molar-refractivity contribution in [2.45, 2.75) is 44.2 Å². The number of fused-ring (bicyclic) bond motifs is 2. The third kappa shape index (κ3) is 3.18. The minimum atomic E-state index is -0.540. The highest BCUT2D eigenvalue weighted by Gasteiger charge is 2.52. The van der Waals surface area contributed by atoms with E-state index in [4.69, 9.17) is 9.47 Å². The molecule has 10 nitrogen and oxygen atoms in total. The van der Waals surface area contributed by atoms with E-state index in [1.54, 1.807) is 24.1 Å². The number of benzene rings is 1. The lowest BCUT2D eigenvalue weighted by atomic mass is 10.1. The average molecular weight is 390 g/mol. The molecule has 150 valence electrons. The van der Waals surface area contributed by atoms with Crippen LogP contribution in [-0.2, 0) is 20.9 Å². The van der Waals surface area contributed by atoms with E-state index in [1.165, 1.54) is 22.2 Å². The lowest BCUT2D eigenvalue weighted by Crippen LogP contribution is -2.69. The summed E-state index contributed by atoms with van der Waals surface area (Å²) >= 11 is 0. The number of rotatable bonds is 5. The Labute approximate surface area is 161 Å². The van der Waals surface area contributed by atoms with Gasteiger partial charge in [0.1, 0.15) is 6.04 Å². The molecule has 0 saturated carbocycles. The number of nitro benzene ring substituents is 1. The van der Waals surface area contributed by atoms with Crippen LogP contribution in [0.25, 0.3) is 0 Å². The normalized spacial score (nSPS) is 27.0. The van der Waals surface area contributed by atoms with Crippen LogP contribution in [0.3, 0.4) is 0 Å². The van der Waals surface area contributed by atoms with E-state index >= 15 is 0 Å². The Morgan fingerprint density at radius 1 is 1.25 bits per heavy atom. The third-order valence-corrected chi connectivity index (χ3v) is 5.50. The lowest BCUT2D eigenvalue weighted by molar-refractivity contribution is -0.384. The molecule has 0 spiro atoms. The highest BCUT2D eigenvalue weighted by molar-refractivity contribution is 5.93. The van der Waals surface area contributed by atoms with Crippen molar-refractivity contribution < 1.29 is 24.0 Å². The molecule has 3 aliphatic heterocycles. The molecule has 1 aromatic rings. The number of non-ortho nitro benzene ring substituents is 1. The van der Waals surface area contributed by atoms with Crippen molar-refractivity contribution in [3.05, 3.63) is 39.9 Å². The predicted octanol–water partition coefficient (Wildman–Crippen LogP) is 1.50. The van der Waals surface area contributed by atoms with Crippen LogP contribution >= 0.6 is 0 Å². The smallest absolute Gasteiger partial charge is 0.339 e. The fourth-order valence-corrected chi connectivity index (χ4v) is 4.06. The number of urea groups is 1.